The summed E-state index contributed by atoms with van der Waals surface area (Å²) >= 11 is 0. The Morgan fingerprint density at radius 3 is 0.538 bits per heavy atom. The average Bonchev–Trinajstić information content (AvgIpc) is 1.54. The molecule has 0 bridgehead atoms. The van der Waals surface area contributed by atoms with Crippen LogP contribution in [0.4, 0.5) is 0 Å². The van der Waals surface area contributed by atoms with E-state index in [4.69, 9.17) is 0 Å². The maximum Gasteiger partial charge on any atom is 3.00 e. The van der Waals surface area contributed by atoms with E-state index in [1.165, 1.54) is 0 Å². The van der Waals surface area contributed by atoms with Gasteiger partial charge in [0, 0.05) is 0 Å². The number of hydrogen-bond acceptors (Lipinski definition) is 3. The molecule has 0 aliphatic rings. The molecule has 0 fully saturated rings. The second-order valence-electron chi connectivity index (χ2n) is 3.15. The molecule has 1 radical (unpaired) electrons. The second kappa shape index (κ2) is 18.9. The van der Waals surface area contributed by atoms with Gasteiger partial charge in [0.05, 0.1) is 0 Å². The van der Waals surface area contributed by atoms with Gasteiger partial charge in [-0.25, -0.2) is 0 Å². The summed E-state index contributed by atoms with van der Waals surface area (Å²) < 4.78 is 0. The SMILES string of the molecule is CC(C)[O-].CC(C)[O-].CC(C)[O-].[Nd+3]. The van der Waals surface area contributed by atoms with Gasteiger partial charge in [0.2, 0.25) is 0 Å². The van der Waals surface area contributed by atoms with Crippen LogP contribution < -0.4 is 15.3 Å². The molecule has 0 rings (SSSR count). The molecule has 4 heteroatoms. The molecule has 0 amide bonds. The van der Waals surface area contributed by atoms with Gasteiger partial charge in [-0.15, -0.1) is 18.3 Å². The van der Waals surface area contributed by atoms with E-state index in [0.717, 1.165) is 0 Å². The maximum absolute atomic E-state index is 9.53. The van der Waals surface area contributed by atoms with E-state index in [9.17, 15) is 15.3 Å². The van der Waals surface area contributed by atoms with Crippen molar-refractivity contribution in [2.75, 3.05) is 0 Å². The fourth-order valence-electron chi connectivity index (χ4n) is 0. The summed E-state index contributed by atoms with van der Waals surface area (Å²) in [6.45, 7) is 9.67. The minimum atomic E-state index is -0.417. The largest absolute Gasteiger partial charge is 3.00 e. The molecule has 0 saturated carbocycles. The Labute approximate surface area is 115 Å². The molecule has 0 aromatic rings. The topological polar surface area (TPSA) is 69.2 Å². The first-order chi connectivity index (χ1) is 5.20. The van der Waals surface area contributed by atoms with Crippen LogP contribution >= 0.6 is 0 Å². The van der Waals surface area contributed by atoms with Gasteiger partial charge in [0.1, 0.15) is 0 Å². The molecule has 0 N–H and O–H groups in total. The zero-order chi connectivity index (χ0) is 10.7. The Morgan fingerprint density at radius 1 is 0.538 bits per heavy atom. The van der Waals surface area contributed by atoms with Crippen molar-refractivity contribution in [1.29, 1.82) is 0 Å². The Morgan fingerprint density at radius 2 is 0.538 bits per heavy atom. The summed E-state index contributed by atoms with van der Waals surface area (Å²) in [6.07, 6.45) is -1.25. The van der Waals surface area contributed by atoms with Gasteiger partial charge >= 0.3 is 40.8 Å². The van der Waals surface area contributed by atoms with Crippen molar-refractivity contribution in [2.45, 2.75) is 59.9 Å². The van der Waals surface area contributed by atoms with Crippen molar-refractivity contribution in [3.05, 3.63) is 0 Å². The smallest absolute Gasteiger partial charge is 0.852 e. The van der Waals surface area contributed by atoms with Crippen molar-refractivity contribution < 1.29 is 56.2 Å². The van der Waals surface area contributed by atoms with Crippen LogP contribution in [0.2, 0.25) is 0 Å². The van der Waals surface area contributed by atoms with E-state index >= 15 is 0 Å². The van der Waals surface area contributed by atoms with Crippen LogP contribution in [0, 0.1) is 40.8 Å². The molecular formula is C9H21NdO3. The van der Waals surface area contributed by atoms with E-state index in [2.05, 4.69) is 0 Å². The average molecular weight is 322 g/mol. The van der Waals surface area contributed by atoms with Gasteiger partial charge in [-0.1, -0.05) is 41.5 Å². The predicted octanol–water partition coefficient (Wildman–Crippen LogP) is -0.735. The zero-order valence-corrected chi connectivity index (χ0v) is 12.7. The van der Waals surface area contributed by atoms with Crippen LogP contribution in [0.25, 0.3) is 0 Å². The van der Waals surface area contributed by atoms with Crippen LogP contribution in [0.15, 0.2) is 0 Å². The van der Waals surface area contributed by atoms with E-state index in [-0.39, 0.29) is 40.8 Å². The number of rotatable bonds is 0. The van der Waals surface area contributed by atoms with E-state index in [0.29, 0.717) is 0 Å². The van der Waals surface area contributed by atoms with Gasteiger partial charge in [-0.3, -0.25) is 0 Å². The molecule has 79 valence electrons. The van der Waals surface area contributed by atoms with Crippen LogP contribution in [0.5, 0.6) is 0 Å². The molecule has 0 aromatic heterocycles. The molecule has 0 aliphatic heterocycles. The van der Waals surface area contributed by atoms with Crippen molar-refractivity contribution >= 4 is 0 Å². The third kappa shape index (κ3) is 1100. The van der Waals surface area contributed by atoms with Crippen molar-refractivity contribution in [2.24, 2.45) is 0 Å². The predicted molar refractivity (Wildman–Crippen MR) is 45.4 cm³/mol. The molecular weight excluding hydrogens is 300 g/mol. The fourth-order valence-corrected chi connectivity index (χ4v) is 0. The van der Waals surface area contributed by atoms with E-state index in [1.807, 2.05) is 0 Å². The van der Waals surface area contributed by atoms with Crippen molar-refractivity contribution in [1.82, 2.24) is 0 Å². The summed E-state index contributed by atoms with van der Waals surface area (Å²) in [5, 5.41) is 28.6. The van der Waals surface area contributed by atoms with Gasteiger partial charge in [0.15, 0.2) is 0 Å². The first-order valence-corrected chi connectivity index (χ1v) is 4.17. The quantitative estimate of drug-likeness (QED) is 0.590. The van der Waals surface area contributed by atoms with Crippen LogP contribution in [0.1, 0.15) is 41.5 Å². The molecule has 0 heterocycles. The minimum absolute atomic E-state index is 0. The summed E-state index contributed by atoms with van der Waals surface area (Å²) in [6, 6.07) is 0. The summed E-state index contributed by atoms with van der Waals surface area (Å²) in [5.74, 6) is 0. The normalized spacial score (nSPS) is 8.31. The Kier molecular flexibility index (Phi) is 34.6. The minimum Gasteiger partial charge on any atom is -0.852 e. The Hall–Kier alpha value is 1.23. The summed E-state index contributed by atoms with van der Waals surface area (Å²) in [7, 11) is 0. The monoisotopic (exact) mass is 319 g/mol. The van der Waals surface area contributed by atoms with Crippen molar-refractivity contribution in [3.8, 4) is 0 Å². The third-order valence-electron chi connectivity index (χ3n) is 0. The first-order valence-electron chi connectivity index (χ1n) is 4.17. The molecule has 0 aromatic carbocycles. The molecule has 0 unspecified atom stereocenters. The molecule has 13 heavy (non-hydrogen) atoms. The fraction of sp³-hybridized carbons (Fsp3) is 1.00. The standard InChI is InChI=1S/3C3H7O.Nd/c3*1-3(2)4;/h3*3H,1-2H3;/q3*-1;+3. The summed E-state index contributed by atoms with van der Waals surface area (Å²) in [5.41, 5.74) is 0. The first kappa shape index (κ1) is 23.8. The third-order valence-corrected chi connectivity index (χ3v) is 0. The molecule has 0 spiro atoms. The molecule has 0 saturated heterocycles. The van der Waals surface area contributed by atoms with Crippen LogP contribution in [-0.4, -0.2) is 18.3 Å². The molecule has 0 atom stereocenters. The van der Waals surface area contributed by atoms with Crippen LogP contribution in [-0.2, 0) is 0 Å². The summed E-state index contributed by atoms with van der Waals surface area (Å²) in [4.78, 5) is 0. The molecule has 3 nitrogen and oxygen atoms in total. The van der Waals surface area contributed by atoms with Crippen LogP contribution in [0.3, 0.4) is 0 Å². The number of hydrogen-bond donors (Lipinski definition) is 0. The van der Waals surface area contributed by atoms with Gasteiger partial charge in [-0.2, -0.15) is 0 Å². The van der Waals surface area contributed by atoms with Gasteiger partial charge in [0.25, 0.3) is 0 Å². The van der Waals surface area contributed by atoms with Crippen molar-refractivity contribution in [3.63, 3.8) is 0 Å². The zero-order valence-electron chi connectivity index (χ0n) is 9.46. The Bertz CT molecular complexity index is 43.4. The maximum atomic E-state index is 9.53. The van der Waals surface area contributed by atoms with Gasteiger partial charge in [-0.05, 0) is 0 Å². The van der Waals surface area contributed by atoms with Gasteiger partial charge < -0.3 is 15.3 Å². The van der Waals surface area contributed by atoms with E-state index < -0.39 is 18.3 Å². The Balaban J connectivity index is -0.0000000450. The van der Waals surface area contributed by atoms with E-state index in [1.54, 1.807) is 41.5 Å². The molecule has 0 aliphatic carbocycles. The second-order valence-corrected chi connectivity index (χ2v) is 3.15.